The molecule has 0 spiro atoms. The van der Waals surface area contributed by atoms with Gasteiger partial charge < -0.3 is 5.11 Å². The zero-order chi connectivity index (χ0) is 17.9. The topological polar surface area (TPSA) is 75.4 Å². The Kier molecular flexibility index (Phi) is 5.33. The fraction of sp³-hybridized carbons (Fsp3) is 0.235. The van der Waals surface area contributed by atoms with Gasteiger partial charge in [-0.25, -0.2) is 13.1 Å². The zero-order valence-corrected chi connectivity index (χ0v) is 15.4. The molecule has 0 atom stereocenters. The monoisotopic (exact) mass is 377 g/mol. The Hall–Kier alpha value is -2.00. The minimum absolute atomic E-state index is 0.0548. The third kappa shape index (κ3) is 3.52. The Balaban J connectivity index is 2.16. The van der Waals surface area contributed by atoms with Crippen LogP contribution in [-0.4, -0.2) is 47.3 Å². The smallest absolute Gasteiger partial charge is 0.246 e. The van der Waals surface area contributed by atoms with Gasteiger partial charge in [-0.05, 0) is 23.6 Å². The van der Waals surface area contributed by atoms with Crippen molar-refractivity contribution in [2.75, 3.05) is 19.7 Å². The molecule has 0 aliphatic rings. The summed E-state index contributed by atoms with van der Waals surface area (Å²) >= 11 is 1.44. The minimum Gasteiger partial charge on any atom is -0.395 e. The Labute approximate surface area is 151 Å². The summed E-state index contributed by atoms with van der Waals surface area (Å²) in [4.78, 5) is 0.933. The van der Waals surface area contributed by atoms with Crippen molar-refractivity contribution in [3.63, 3.8) is 0 Å². The number of benzene rings is 1. The second-order valence-electron chi connectivity index (χ2n) is 5.32. The van der Waals surface area contributed by atoms with Crippen LogP contribution in [0.2, 0.25) is 0 Å². The second kappa shape index (κ2) is 7.49. The number of aromatic nitrogens is 2. The van der Waals surface area contributed by atoms with Gasteiger partial charge in [0, 0.05) is 13.1 Å². The van der Waals surface area contributed by atoms with Crippen molar-refractivity contribution in [2.24, 2.45) is 0 Å². The highest BCUT2D eigenvalue weighted by atomic mass is 32.2. The number of rotatable bonds is 7. The fourth-order valence-electron chi connectivity index (χ4n) is 2.54. The van der Waals surface area contributed by atoms with E-state index < -0.39 is 10.0 Å². The summed E-state index contributed by atoms with van der Waals surface area (Å²) in [6.07, 6.45) is 1.54. The lowest BCUT2D eigenvalue weighted by Crippen LogP contribution is -2.33. The van der Waals surface area contributed by atoms with Crippen LogP contribution in [0, 0.1) is 0 Å². The lowest BCUT2D eigenvalue weighted by molar-refractivity contribution is 0.257. The van der Waals surface area contributed by atoms with E-state index in [0.29, 0.717) is 5.69 Å². The highest BCUT2D eigenvalue weighted by Gasteiger charge is 2.29. The predicted molar refractivity (Wildman–Crippen MR) is 98.4 cm³/mol. The van der Waals surface area contributed by atoms with Gasteiger partial charge in [-0.2, -0.15) is 9.40 Å². The SMILES string of the molecule is CCN(CCO)S(=O)(=O)c1cn(-c2ccccc2)nc1-c1cccs1. The van der Waals surface area contributed by atoms with E-state index in [1.165, 1.54) is 15.6 Å². The van der Waals surface area contributed by atoms with Gasteiger partial charge in [0.1, 0.15) is 10.6 Å². The first-order valence-corrected chi connectivity index (χ1v) is 10.2. The van der Waals surface area contributed by atoms with Gasteiger partial charge in [0.05, 0.1) is 23.4 Å². The lowest BCUT2D eigenvalue weighted by Gasteiger charge is -2.18. The number of hydrogen-bond acceptors (Lipinski definition) is 5. The molecule has 0 amide bonds. The van der Waals surface area contributed by atoms with Gasteiger partial charge in [0.2, 0.25) is 10.0 Å². The Morgan fingerprint density at radius 2 is 1.96 bits per heavy atom. The van der Waals surface area contributed by atoms with E-state index in [4.69, 9.17) is 0 Å². The molecule has 6 nitrogen and oxygen atoms in total. The van der Waals surface area contributed by atoms with E-state index in [1.54, 1.807) is 17.8 Å². The first-order valence-electron chi connectivity index (χ1n) is 7.88. The molecular weight excluding hydrogens is 358 g/mol. The van der Waals surface area contributed by atoms with Crippen LogP contribution in [0.15, 0.2) is 58.9 Å². The van der Waals surface area contributed by atoms with Crippen LogP contribution in [0.1, 0.15) is 6.92 Å². The van der Waals surface area contributed by atoms with Crippen molar-refractivity contribution in [3.8, 4) is 16.3 Å². The molecular formula is C17H19N3O3S2. The molecule has 0 aliphatic heterocycles. The van der Waals surface area contributed by atoms with E-state index in [0.717, 1.165) is 10.6 Å². The summed E-state index contributed by atoms with van der Waals surface area (Å²) in [5.74, 6) is 0. The maximum Gasteiger partial charge on any atom is 0.246 e. The van der Waals surface area contributed by atoms with Crippen LogP contribution in [0.5, 0.6) is 0 Å². The third-order valence-corrected chi connectivity index (χ3v) is 6.63. The Morgan fingerprint density at radius 1 is 1.20 bits per heavy atom. The fourth-order valence-corrected chi connectivity index (χ4v) is 4.90. The van der Waals surface area contributed by atoms with Crippen LogP contribution in [0.3, 0.4) is 0 Å². The van der Waals surface area contributed by atoms with Gasteiger partial charge in [-0.1, -0.05) is 31.2 Å². The molecule has 25 heavy (non-hydrogen) atoms. The number of aliphatic hydroxyl groups excluding tert-OH is 1. The van der Waals surface area contributed by atoms with Crippen molar-refractivity contribution in [1.82, 2.24) is 14.1 Å². The molecule has 0 fully saturated rings. The minimum atomic E-state index is -3.76. The number of hydrogen-bond donors (Lipinski definition) is 1. The number of nitrogens with zero attached hydrogens (tertiary/aromatic N) is 3. The summed E-state index contributed by atoms with van der Waals surface area (Å²) in [5.41, 5.74) is 1.21. The molecule has 0 saturated heterocycles. The normalized spacial score (nSPS) is 12.0. The first kappa shape index (κ1) is 17.8. The number of likely N-dealkylation sites (N-methyl/N-ethyl adjacent to an activating group) is 1. The molecule has 1 N–H and O–H groups in total. The highest BCUT2D eigenvalue weighted by molar-refractivity contribution is 7.89. The first-order chi connectivity index (χ1) is 12.1. The third-order valence-electron chi connectivity index (χ3n) is 3.78. The molecule has 0 radical (unpaired) electrons. The summed E-state index contributed by atoms with van der Waals surface area (Å²) in [6.45, 7) is 1.86. The molecule has 2 heterocycles. The van der Waals surface area contributed by atoms with E-state index in [2.05, 4.69) is 5.10 Å². The van der Waals surface area contributed by atoms with Crippen LogP contribution < -0.4 is 0 Å². The van der Waals surface area contributed by atoms with Crippen molar-refractivity contribution < 1.29 is 13.5 Å². The van der Waals surface area contributed by atoms with E-state index >= 15 is 0 Å². The van der Waals surface area contributed by atoms with E-state index in [1.807, 2.05) is 47.8 Å². The largest absolute Gasteiger partial charge is 0.395 e. The number of para-hydroxylation sites is 1. The molecule has 132 valence electrons. The Morgan fingerprint density at radius 3 is 2.56 bits per heavy atom. The van der Waals surface area contributed by atoms with Crippen LogP contribution in [0.25, 0.3) is 16.3 Å². The van der Waals surface area contributed by atoms with Crippen molar-refractivity contribution in [1.29, 1.82) is 0 Å². The average Bonchev–Trinajstić information content (AvgIpc) is 3.29. The number of thiophene rings is 1. The number of sulfonamides is 1. The summed E-state index contributed by atoms with van der Waals surface area (Å²) in [6, 6.07) is 13.1. The van der Waals surface area contributed by atoms with Crippen LogP contribution in [0.4, 0.5) is 0 Å². The van der Waals surface area contributed by atoms with Crippen molar-refractivity contribution in [2.45, 2.75) is 11.8 Å². The summed E-state index contributed by atoms with van der Waals surface area (Å²) in [5, 5.41) is 15.6. The van der Waals surface area contributed by atoms with Gasteiger partial charge in [0.25, 0.3) is 0 Å². The summed E-state index contributed by atoms with van der Waals surface area (Å²) in [7, 11) is -3.76. The van der Waals surface area contributed by atoms with E-state index in [-0.39, 0.29) is 24.6 Å². The molecule has 0 aliphatic carbocycles. The molecule has 1 aromatic carbocycles. The molecule has 2 aromatic heterocycles. The van der Waals surface area contributed by atoms with Crippen molar-refractivity contribution in [3.05, 3.63) is 54.0 Å². The maximum absolute atomic E-state index is 13.1. The quantitative estimate of drug-likeness (QED) is 0.687. The predicted octanol–water partition coefficient (Wildman–Crippen LogP) is 2.60. The summed E-state index contributed by atoms with van der Waals surface area (Å²) < 4.78 is 29.0. The van der Waals surface area contributed by atoms with Gasteiger partial charge in [-0.15, -0.1) is 11.3 Å². The molecule has 0 saturated carbocycles. The number of aliphatic hydroxyl groups is 1. The Bertz CT molecular complexity index is 919. The van der Waals surface area contributed by atoms with E-state index in [9.17, 15) is 13.5 Å². The standard InChI is InChI=1S/C17H19N3O3S2/c1-2-19(10-11-21)25(22,23)16-13-20(14-7-4-3-5-8-14)18-17(16)15-9-6-12-24-15/h3-9,12-13,21H,2,10-11H2,1H3. The molecule has 0 unspecified atom stereocenters. The molecule has 3 aromatic rings. The van der Waals surface area contributed by atoms with Crippen LogP contribution in [-0.2, 0) is 10.0 Å². The lowest BCUT2D eigenvalue weighted by atomic mass is 10.3. The van der Waals surface area contributed by atoms with Gasteiger partial charge >= 0.3 is 0 Å². The van der Waals surface area contributed by atoms with Crippen molar-refractivity contribution >= 4 is 21.4 Å². The van der Waals surface area contributed by atoms with Crippen LogP contribution >= 0.6 is 11.3 Å². The zero-order valence-electron chi connectivity index (χ0n) is 13.7. The second-order valence-corrected chi connectivity index (χ2v) is 8.17. The molecule has 0 bridgehead atoms. The highest BCUT2D eigenvalue weighted by Crippen LogP contribution is 2.32. The maximum atomic E-state index is 13.1. The molecule has 8 heteroatoms. The van der Waals surface area contributed by atoms with Gasteiger partial charge in [-0.3, -0.25) is 0 Å². The average molecular weight is 377 g/mol. The van der Waals surface area contributed by atoms with Gasteiger partial charge in [0.15, 0.2) is 0 Å². The molecule has 3 rings (SSSR count).